The molecule has 0 radical (unpaired) electrons. The first-order valence-corrected chi connectivity index (χ1v) is 10.9. The Bertz CT molecular complexity index is 827. The number of ether oxygens (including phenoxy) is 2. The Morgan fingerprint density at radius 2 is 2.07 bits per heavy atom. The van der Waals surface area contributed by atoms with Gasteiger partial charge in [-0.1, -0.05) is 39.7 Å². The summed E-state index contributed by atoms with van der Waals surface area (Å²) in [5, 5.41) is 3.34. The summed E-state index contributed by atoms with van der Waals surface area (Å²) in [6, 6.07) is 13.6. The molecule has 0 atom stereocenters. The molecule has 5 nitrogen and oxygen atoms in total. The lowest BCUT2D eigenvalue weighted by atomic mass is 10.1. The Morgan fingerprint density at radius 3 is 2.86 bits per heavy atom. The van der Waals surface area contributed by atoms with Crippen molar-refractivity contribution in [2.45, 2.75) is 25.4 Å². The second-order valence-corrected chi connectivity index (χ2v) is 8.45. The third-order valence-corrected chi connectivity index (χ3v) is 5.87. The third kappa shape index (κ3) is 6.71. The molecule has 1 aliphatic rings. The lowest BCUT2D eigenvalue weighted by Gasteiger charge is -2.31. The fraction of sp³-hybridized carbons (Fsp3) is 0.409. The van der Waals surface area contributed by atoms with Crippen LogP contribution in [0, 0.1) is 0 Å². The van der Waals surface area contributed by atoms with E-state index in [-0.39, 0.29) is 5.91 Å². The molecular weight excluding hydrogens is 456 g/mol. The van der Waals surface area contributed by atoms with E-state index in [0.717, 1.165) is 48.4 Å². The van der Waals surface area contributed by atoms with Gasteiger partial charge in [-0.05, 0) is 55.8 Å². The number of benzene rings is 2. The topological polar surface area (TPSA) is 50.8 Å². The molecule has 2 aromatic rings. The van der Waals surface area contributed by atoms with Gasteiger partial charge in [0.05, 0.1) is 10.6 Å². The summed E-state index contributed by atoms with van der Waals surface area (Å²) in [4.78, 5) is 14.8. The first kappa shape index (κ1) is 22.1. The van der Waals surface area contributed by atoms with E-state index in [9.17, 15) is 4.79 Å². The van der Waals surface area contributed by atoms with Crippen molar-refractivity contribution < 1.29 is 14.3 Å². The first-order valence-electron chi connectivity index (χ1n) is 9.76. The van der Waals surface area contributed by atoms with E-state index < -0.39 is 0 Å². The molecule has 2 aromatic carbocycles. The number of hydrogen-bond acceptors (Lipinski definition) is 4. The number of amides is 1. The Morgan fingerprint density at radius 1 is 1.28 bits per heavy atom. The van der Waals surface area contributed by atoms with Crippen LogP contribution in [0.2, 0.25) is 5.02 Å². The van der Waals surface area contributed by atoms with Crippen molar-refractivity contribution in [1.82, 2.24) is 10.2 Å². The number of rotatable bonds is 8. The van der Waals surface area contributed by atoms with E-state index in [2.05, 4.69) is 33.2 Å². The van der Waals surface area contributed by atoms with Crippen molar-refractivity contribution in [3.05, 3.63) is 63.1 Å². The number of carbonyl (C=O) groups excluding carboxylic acids is 1. The summed E-state index contributed by atoms with van der Waals surface area (Å²) in [7, 11) is 2.14. The minimum Gasteiger partial charge on any atom is -0.492 e. The van der Waals surface area contributed by atoms with E-state index >= 15 is 0 Å². The quantitative estimate of drug-likeness (QED) is 0.602. The molecule has 0 spiro atoms. The molecule has 156 valence electrons. The molecule has 1 amide bonds. The van der Waals surface area contributed by atoms with Crippen LogP contribution in [0.5, 0.6) is 5.75 Å². The Balaban J connectivity index is 1.47. The summed E-state index contributed by atoms with van der Waals surface area (Å²) < 4.78 is 12.2. The molecule has 1 saturated heterocycles. The maximum Gasteiger partial charge on any atom is 0.253 e. The molecule has 1 N–H and O–H groups in total. The summed E-state index contributed by atoms with van der Waals surface area (Å²) in [5.41, 5.74) is 1.42. The van der Waals surface area contributed by atoms with Crippen LogP contribution >= 0.6 is 27.5 Å². The number of nitrogens with zero attached hydrogens (tertiary/aromatic N) is 1. The lowest BCUT2D eigenvalue weighted by molar-refractivity contribution is 0.0392. The van der Waals surface area contributed by atoms with E-state index in [4.69, 9.17) is 21.1 Å². The predicted molar refractivity (Wildman–Crippen MR) is 119 cm³/mol. The van der Waals surface area contributed by atoms with E-state index in [1.165, 1.54) is 0 Å². The highest BCUT2D eigenvalue weighted by atomic mass is 79.9. The molecule has 1 fully saturated rings. The van der Waals surface area contributed by atoms with Gasteiger partial charge in [0.2, 0.25) is 0 Å². The SMILES string of the molecule is CN(CCOc1cccc(CNC(=O)c2cc(Br)ccc2Cl)c1)C1CCOCC1. The number of hydrogen-bond donors (Lipinski definition) is 1. The van der Waals surface area contributed by atoms with Crippen LogP contribution in [-0.2, 0) is 11.3 Å². The fourth-order valence-electron chi connectivity index (χ4n) is 3.31. The molecule has 0 bridgehead atoms. The van der Waals surface area contributed by atoms with Crippen molar-refractivity contribution in [2.75, 3.05) is 33.4 Å². The zero-order valence-electron chi connectivity index (χ0n) is 16.5. The van der Waals surface area contributed by atoms with Gasteiger partial charge < -0.3 is 14.8 Å². The zero-order valence-corrected chi connectivity index (χ0v) is 18.8. The smallest absolute Gasteiger partial charge is 0.253 e. The highest BCUT2D eigenvalue weighted by molar-refractivity contribution is 9.10. The van der Waals surface area contributed by atoms with Gasteiger partial charge in [0.1, 0.15) is 12.4 Å². The van der Waals surface area contributed by atoms with E-state index in [1.807, 2.05) is 24.3 Å². The fourth-order valence-corrected chi connectivity index (χ4v) is 3.87. The average Bonchev–Trinajstić information content (AvgIpc) is 2.74. The van der Waals surface area contributed by atoms with E-state index in [0.29, 0.717) is 29.8 Å². The summed E-state index contributed by atoms with van der Waals surface area (Å²) >= 11 is 9.49. The van der Waals surface area contributed by atoms with Crippen molar-refractivity contribution in [3.63, 3.8) is 0 Å². The van der Waals surface area contributed by atoms with Gasteiger partial charge in [-0.25, -0.2) is 0 Å². The van der Waals surface area contributed by atoms with E-state index in [1.54, 1.807) is 18.2 Å². The van der Waals surface area contributed by atoms with Gasteiger partial charge in [0, 0.05) is 36.8 Å². The minimum absolute atomic E-state index is 0.208. The molecule has 29 heavy (non-hydrogen) atoms. The van der Waals surface area contributed by atoms with Crippen molar-refractivity contribution in [1.29, 1.82) is 0 Å². The van der Waals surface area contributed by atoms with Gasteiger partial charge in [0.25, 0.3) is 5.91 Å². The Kier molecular flexibility index (Phi) is 8.36. The average molecular weight is 482 g/mol. The van der Waals surface area contributed by atoms with Crippen LogP contribution < -0.4 is 10.1 Å². The number of nitrogens with one attached hydrogen (secondary N) is 1. The van der Waals surface area contributed by atoms with Crippen LogP contribution in [0.25, 0.3) is 0 Å². The maximum absolute atomic E-state index is 12.4. The normalized spacial score (nSPS) is 14.8. The molecule has 0 aliphatic carbocycles. The number of likely N-dealkylation sites (N-methyl/N-ethyl adjacent to an activating group) is 1. The van der Waals surface area contributed by atoms with Gasteiger partial charge >= 0.3 is 0 Å². The van der Waals surface area contributed by atoms with Gasteiger partial charge in [-0.3, -0.25) is 9.69 Å². The van der Waals surface area contributed by atoms with Crippen LogP contribution in [0.3, 0.4) is 0 Å². The first-order chi connectivity index (χ1) is 14.0. The Hall–Kier alpha value is -1.60. The van der Waals surface area contributed by atoms with Gasteiger partial charge in [-0.2, -0.15) is 0 Å². The highest BCUT2D eigenvalue weighted by Gasteiger charge is 2.18. The molecule has 1 aliphatic heterocycles. The standard InChI is InChI=1S/C22H26BrClN2O3/c1-26(18-7-10-28-11-8-18)9-12-29-19-4-2-3-16(13-19)15-25-22(27)20-14-17(23)5-6-21(20)24/h2-6,13-14,18H,7-12,15H2,1H3,(H,25,27). The molecular formula is C22H26BrClN2O3. The molecule has 0 saturated carbocycles. The maximum atomic E-state index is 12.4. The van der Waals surface area contributed by atoms with Crippen molar-refractivity contribution >= 4 is 33.4 Å². The Labute approximate surface area is 185 Å². The summed E-state index contributed by atoms with van der Waals surface area (Å²) in [6.45, 7) is 3.58. The molecule has 3 rings (SSSR count). The highest BCUT2D eigenvalue weighted by Crippen LogP contribution is 2.21. The molecule has 0 unspecified atom stereocenters. The molecule has 7 heteroatoms. The minimum atomic E-state index is -0.208. The summed E-state index contributed by atoms with van der Waals surface area (Å²) in [5.74, 6) is 0.596. The van der Waals surface area contributed by atoms with Gasteiger partial charge in [-0.15, -0.1) is 0 Å². The molecule has 0 aromatic heterocycles. The van der Waals surface area contributed by atoms with Crippen LogP contribution in [0.4, 0.5) is 0 Å². The van der Waals surface area contributed by atoms with Crippen LogP contribution in [0.1, 0.15) is 28.8 Å². The predicted octanol–water partition coefficient (Wildman–Crippen LogP) is 4.52. The number of carbonyl (C=O) groups is 1. The zero-order chi connectivity index (χ0) is 20.6. The lowest BCUT2D eigenvalue weighted by Crippen LogP contribution is -2.38. The molecule has 1 heterocycles. The second-order valence-electron chi connectivity index (χ2n) is 7.13. The van der Waals surface area contributed by atoms with Crippen molar-refractivity contribution in [3.8, 4) is 5.75 Å². The van der Waals surface area contributed by atoms with Crippen LogP contribution in [-0.4, -0.2) is 50.3 Å². The third-order valence-electron chi connectivity index (χ3n) is 5.05. The monoisotopic (exact) mass is 480 g/mol. The van der Waals surface area contributed by atoms with Crippen LogP contribution in [0.15, 0.2) is 46.9 Å². The van der Waals surface area contributed by atoms with Gasteiger partial charge in [0.15, 0.2) is 0 Å². The number of halogens is 2. The largest absolute Gasteiger partial charge is 0.492 e. The van der Waals surface area contributed by atoms with Crippen molar-refractivity contribution in [2.24, 2.45) is 0 Å². The summed E-state index contributed by atoms with van der Waals surface area (Å²) in [6.07, 6.45) is 2.15. The second kappa shape index (κ2) is 11.0.